The van der Waals surface area contributed by atoms with Crippen LogP contribution in [-0.2, 0) is 4.79 Å². The van der Waals surface area contributed by atoms with Crippen molar-refractivity contribution in [1.29, 1.82) is 0 Å². The van der Waals surface area contributed by atoms with E-state index in [0.717, 1.165) is 31.2 Å². The normalized spacial score (nSPS) is 41.2. The zero-order valence-corrected chi connectivity index (χ0v) is 10.6. The Kier molecular flexibility index (Phi) is 3.37. The lowest BCUT2D eigenvalue weighted by molar-refractivity contribution is -0.123. The van der Waals surface area contributed by atoms with Gasteiger partial charge in [-0.2, -0.15) is 0 Å². The van der Waals surface area contributed by atoms with Crippen LogP contribution < -0.4 is 10.6 Å². The highest BCUT2D eigenvalue weighted by Crippen LogP contribution is 2.42. The van der Waals surface area contributed by atoms with Crippen molar-refractivity contribution < 1.29 is 4.79 Å². The molecular formula is C14H24N2O. The average molecular weight is 236 g/mol. The molecule has 0 spiro atoms. The first kappa shape index (κ1) is 11.5. The Bertz CT molecular complexity index is 286. The van der Waals surface area contributed by atoms with Crippen LogP contribution in [0.4, 0.5) is 0 Å². The quantitative estimate of drug-likeness (QED) is 0.768. The number of amides is 1. The molecule has 3 aliphatic rings. The Balaban J connectivity index is 1.50. The molecule has 3 fully saturated rings. The average Bonchev–Trinajstić information content (AvgIpc) is 2.99. The molecule has 0 bridgehead atoms. The number of nitrogens with one attached hydrogen (secondary N) is 2. The first-order valence-corrected chi connectivity index (χ1v) is 7.36. The third-order valence-corrected chi connectivity index (χ3v) is 5.01. The van der Waals surface area contributed by atoms with Crippen LogP contribution in [0.5, 0.6) is 0 Å². The minimum absolute atomic E-state index is 0.0938. The molecule has 0 aromatic rings. The summed E-state index contributed by atoms with van der Waals surface area (Å²) in [5, 5.41) is 6.55. The second-order valence-electron chi connectivity index (χ2n) is 6.12. The van der Waals surface area contributed by atoms with Crippen molar-refractivity contribution in [3.63, 3.8) is 0 Å². The van der Waals surface area contributed by atoms with Crippen LogP contribution in [0.2, 0.25) is 0 Å². The molecule has 2 saturated carbocycles. The molecule has 1 heterocycles. The zero-order chi connectivity index (χ0) is 11.7. The topological polar surface area (TPSA) is 41.1 Å². The molecule has 17 heavy (non-hydrogen) atoms. The highest BCUT2D eigenvalue weighted by molar-refractivity contribution is 5.82. The SMILES string of the molecule is O=C(NC1CCC2CCCC2C1)C1CCCN1. The predicted molar refractivity (Wildman–Crippen MR) is 67.6 cm³/mol. The van der Waals surface area contributed by atoms with E-state index in [4.69, 9.17) is 0 Å². The lowest BCUT2D eigenvalue weighted by Gasteiger charge is -2.32. The summed E-state index contributed by atoms with van der Waals surface area (Å²) in [6, 6.07) is 0.556. The van der Waals surface area contributed by atoms with Crippen molar-refractivity contribution in [1.82, 2.24) is 10.6 Å². The number of rotatable bonds is 2. The third-order valence-electron chi connectivity index (χ3n) is 5.01. The number of hydrogen-bond donors (Lipinski definition) is 2. The van der Waals surface area contributed by atoms with Crippen molar-refractivity contribution in [2.45, 2.75) is 63.5 Å². The fraction of sp³-hybridized carbons (Fsp3) is 0.929. The van der Waals surface area contributed by atoms with Gasteiger partial charge in [-0.3, -0.25) is 4.79 Å². The van der Waals surface area contributed by atoms with Crippen molar-refractivity contribution in [3.8, 4) is 0 Å². The van der Waals surface area contributed by atoms with Crippen LogP contribution in [0.3, 0.4) is 0 Å². The molecule has 3 heteroatoms. The summed E-state index contributed by atoms with van der Waals surface area (Å²) < 4.78 is 0. The molecule has 0 aromatic heterocycles. The minimum atomic E-state index is 0.0938. The van der Waals surface area contributed by atoms with Gasteiger partial charge >= 0.3 is 0 Å². The van der Waals surface area contributed by atoms with Gasteiger partial charge in [0, 0.05) is 6.04 Å². The summed E-state index contributed by atoms with van der Waals surface area (Å²) in [5.74, 6) is 2.14. The van der Waals surface area contributed by atoms with Crippen LogP contribution in [0.25, 0.3) is 0 Å². The van der Waals surface area contributed by atoms with Crippen molar-refractivity contribution in [2.75, 3.05) is 6.54 Å². The Morgan fingerprint density at radius 1 is 1.00 bits per heavy atom. The van der Waals surface area contributed by atoms with Gasteiger partial charge in [0.2, 0.25) is 5.91 Å². The Morgan fingerprint density at radius 2 is 1.88 bits per heavy atom. The van der Waals surface area contributed by atoms with E-state index in [2.05, 4.69) is 10.6 Å². The van der Waals surface area contributed by atoms with Gasteiger partial charge in [-0.25, -0.2) is 0 Å². The fourth-order valence-corrected chi connectivity index (χ4v) is 4.04. The Hall–Kier alpha value is -0.570. The Morgan fingerprint density at radius 3 is 2.71 bits per heavy atom. The predicted octanol–water partition coefficient (Wildman–Crippen LogP) is 1.82. The van der Waals surface area contributed by atoms with Crippen LogP contribution >= 0.6 is 0 Å². The van der Waals surface area contributed by atoms with E-state index in [-0.39, 0.29) is 11.9 Å². The van der Waals surface area contributed by atoms with Gasteiger partial charge in [-0.1, -0.05) is 19.3 Å². The summed E-state index contributed by atoms with van der Waals surface area (Å²) in [7, 11) is 0. The minimum Gasteiger partial charge on any atom is -0.352 e. The van der Waals surface area contributed by atoms with Crippen LogP contribution in [0, 0.1) is 11.8 Å². The second kappa shape index (κ2) is 4.97. The fourth-order valence-electron chi connectivity index (χ4n) is 4.04. The maximum Gasteiger partial charge on any atom is 0.237 e. The molecule has 2 aliphatic carbocycles. The smallest absolute Gasteiger partial charge is 0.237 e. The van der Waals surface area contributed by atoms with Gasteiger partial charge < -0.3 is 10.6 Å². The van der Waals surface area contributed by atoms with Gasteiger partial charge in [-0.15, -0.1) is 0 Å². The zero-order valence-electron chi connectivity index (χ0n) is 10.6. The first-order valence-electron chi connectivity index (χ1n) is 7.36. The highest BCUT2D eigenvalue weighted by atomic mass is 16.2. The maximum atomic E-state index is 12.0. The summed E-state index contributed by atoms with van der Waals surface area (Å²) in [6.45, 7) is 1.01. The van der Waals surface area contributed by atoms with Gasteiger partial charge in [0.1, 0.15) is 0 Å². The molecule has 1 amide bonds. The largest absolute Gasteiger partial charge is 0.352 e. The van der Waals surface area contributed by atoms with Gasteiger partial charge in [0.25, 0.3) is 0 Å². The molecule has 4 unspecified atom stereocenters. The van der Waals surface area contributed by atoms with E-state index in [1.807, 2.05) is 0 Å². The van der Waals surface area contributed by atoms with Crippen LogP contribution in [-0.4, -0.2) is 24.5 Å². The Labute approximate surface area is 104 Å². The summed E-state index contributed by atoms with van der Waals surface area (Å²) in [5.41, 5.74) is 0. The van der Waals surface area contributed by atoms with E-state index in [1.54, 1.807) is 0 Å². The van der Waals surface area contributed by atoms with Gasteiger partial charge in [0.05, 0.1) is 6.04 Å². The van der Waals surface area contributed by atoms with Crippen LogP contribution in [0.1, 0.15) is 51.4 Å². The molecule has 0 radical (unpaired) electrons. The number of carbonyl (C=O) groups excluding carboxylic acids is 1. The maximum absolute atomic E-state index is 12.0. The third kappa shape index (κ3) is 2.49. The number of hydrogen-bond acceptors (Lipinski definition) is 2. The molecular weight excluding hydrogens is 212 g/mol. The summed E-state index contributed by atoms with van der Waals surface area (Å²) >= 11 is 0. The van der Waals surface area contributed by atoms with Crippen LogP contribution in [0.15, 0.2) is 0 Å². The molecule has 3 rings (SSSR count). The van der Waals surface area contributed by atoms with Gasteiger partial charge in [0.15, 0.2) is 0 Å². The van der Waals surface area contributed by atoms with E-state index < -0.39 is 0 Å². The first-order chi connectivity index (χ1) is 8.33. The highest BCUT2D eigenvalue weighted by Gasteiger charge is 2.35. The molecule has 4 atom stereocenters. The monoisotopic (exact) mass is 236 g/mol. The van der Waals surface area contributed by atoms with E-state index >= 15 is 0 Å². The molecule has 0 aromatic carbocycles. The standard InChI is InChI=1S/C14H24N2O/c17-14(13-5-2-8-15-13)16-12-7-6-10-3-1-4-11(10)9-12/h10-13,15H,1-9H2,(H,16,17). The van der Waals surface area contributed by atoms with Crippen molar-refractivity contribution >= 4 is 5.91 Å². The lowest BCUT2D eigenvalue weighted by Crippen LogP contribution is -2.47. The van der Waals surface area contributed by atoms with Crippen molar-refractivity contribution in [2.24, 2.45) is 11.8 Å². The van der Waals surface area contributed by atoms with Gasteiger partial charge in [-0.05, 0) is 50.5 Å². The number of carbonyl (C=O) groups is 1. The lowest BCUT2D eigenvalue weighted by atomic mass is 9.79. The number of fused-ring (bicyclic) bond motifs is 1. The molecule has 3 nitrogen and oxygen atoms in total. The summed E-state index contributed by atoms with van der Waals surface area (Å²) in [6.07, 6.45) is 10.2. The second-order valence-corrected chi connectivity index (χ2v) is 6.12. The van der Waals surface area contributed by atoms with E-state index in [1.165, 1.54) is 38.5 Å². The molecule has 1 saturated heterocycles. The molecule has 1 aliphatic heterocycles. The summed E-state index contributed by atoms with van der Waals surface area (Å²) in [4.78, 5) is 12.0. The van der Waals surface area contributed by atoms with E-state index in [9.17, 15) is 4.79 Å². The molecule has 2 N–H and O–H groups in total. The molecule has 96 valence electrons. The van der Waals surface area contributed by atoms with Crippen molar-refractivity contribution in [3.05, 3.63) is 0 Å². The van der Waals surface area contributed by atoms with E-state index in [0.29, 0.717) is 6.04 Å².